The van der Waals surface area contributed by atoms with Gasteiger partial charge in [0.2, 0.25) is 5.50 Å². The summed E-state index contributed by atoms with van der Waals surface area (Å²) >= 11 is 3.70. The van der Waals surface area contributed by atoms with Crippen molar-refractivity contribution in [1.82, 2.24) is 15.7 Å². The van der Waals surface area contributed by atoms with Crippen LogP contribution in [0.5, 0.6) is 0 Å². The Morgan fingerprint density at radius 1 is 1.14 bits per heavy atom. The van der Waals surface area contributed by atoms with E-state index >= 15 is 0 Å². The molecule has 1 heterocycles. The van der Waals surface area contributed by atoms with Crippen LogP contribution in [0.4, 0.5) is 0 Å². The van der Waals surface area contributed by atoms with Crippen molar-refractivity contribution in [2.75, 3.05) is 6.54 Å². The predicted molar refractivity (Wildman–Crippen MR) is 107 cm³/mol. The molecule has 15 heteroatoms. The second-order valence-corrected chi connectivity index (χ2v) is 10.8. The third-order valence-corrected chi connectivity index (χ3v) is 8.50. The Morgan fingerprint density at radius 2 is 1.68 bits per heavy atom. The number of quaternary nitrogens is 4. The van der Waals surface area contributed by atoms with Gasteiger partial charge in [0, 0.05) is 11.9 Å². The van der Waals surface area contributed by atoms with Gasteiger partial charge in [0.1, 0.15) is 30.7 Å². The summed E-state index contributed by atoms with van der Waals surface area (Å²) < 4.78 is 0.311. The SMILES string of the molecule is CC(C)(C)[C@@H](I)C[NH+]1NNSC1NC1C([NH+]([O-])O)CC([NH+]([O-])O)CC1[NH+]([O-])O. The van der Waals surface area contributed by atoms with E-state index in [1.807, 2.05) is 0 Å². The average Bonchev–Trinajstić information content (AvgIpc) is 3.00. The molecule has 2 aliphatic rings. The maximum absolute atomic E-state index is 11.8. The lowest BCUT2D eigenvalue weighted by Crippen LogP contribution is -3.24. The molecule has 0 bridgehead atoms. The van der Waals surface area contributed by atoms with Gasteiger partial charge in [-0.15, -0.1) is 4.83 Å². The van der Waals surface area contributed by atoms with Gasteiger partial charge in [-0.05, 0) is 5.41 Å². The summed E-state index contributed by atoms with van der Waals surface area (Å²) in [5.41, 5.74) is 2.85. The normalized spacial score (nSPS) is 38.8. The van der Waals surface area contributed by atoms with Crippen LogP contribution in [0.1, 0.15) is 33.6 Å². The Balaban J connectivity index is 2.15. The highest BCUT2D eigenvalue weighted by Crippen LogP contribution is 2.25. The Labute approximate surface area is 181 Å². The molecular formula is C13H31IN7O6S+. The van der Waals surface area contributed by atoms with Gasteiger partial charge in [-0.3, -0.25) is 0 Å². The van der Waals surface area contributed by atoms with Crippen LogP contribution in [0.25, 0.3) is 0 Å². The van der Waals surface area contributed by atoms with Crippen LogP contribution in [0.3, 0.4) is 0 Å². The lowest BCUT2D eigenvalue weighted by molar-refractivity contribution is -1.11. The zero-order valence-corrected chi connectivity index (χ0v) is 18.9. The van der Waals surface area contributed by atoms with Crippen molar-refractivity contribution in [3.63, 3.8) is 0 Å². The van der Waals surface area contributed by atoms with Crippen molar-refractivity contribution in [3.8, 4) is 0 Å². The summed E-state index contributed by atoms with van der Waals surface area (Å²) in [6.45, 7) is 7.13. The second-order valence-electron chi connectivity index (χ2n) is 8.38. The minimum Gasteiger partial charge on any atom is -0.600 e. The van der Waals surface area contributed by atoms with E-state index in [4.69, 9.17) is 0 Å². The van der Waals surface area contributed by atoms with E-state index < -0.39 is 39.8 Å². The van der Waals surface area contributed by atoms with Gasteiger partial charge >= 0.3 is 0 Å². The molecule has 166 valence electrons. The number of hydrazine groups is 1. The van der Waals surface area contributed by atoms with Crippen LogP contribution in [-0.4, -0.2) is 55.8 Å². The van der Waals surface area contributed by atoms with Gasteiger partial charge in [-0.1, -0.05) is 48.9 Å². The predicted octanol–water partition coefficient (Wildman–Crippen LogP) is -5.15. The van der Waals surface area contributed by atoms with Crippen molar-refractivity contribution >= 4 is 34.5 Å². The fourth-order valence-corrected chi connectivity index (χ4v) is 4.79. The number of halogens is 1. The zero-order valence-electron chi connectivity index (χ0n) is 15.9. The van der Waals surface area contributed by atoms with Crippen molar-refractivity contribution in [2.24, 2.45) is 5.41 Å². The number of alkyl halides is 1. The van der Waals surface area contributed by atoms with Gasteiger partial charge in [0.25, 0.3) is 0 Å². The van der Waals surface area contributed by atoms with Gasteiger partial charge in [0.15, 0.2) is 0 Å². The maximum atomic E-state index is 11.8. The van der Waals surface area contributed by atoms with E-state index in [2.05, 4.69) is 59.0 Å². The molecule has 1 saturated carbocycles. The highest BCUT2D eigenvalue weighted by Gasteiger charge is 2.50. The first-order valence-corrected chi connectivity index (χ1v) is 11.1. The van der Waals surface area contributed by atoms with Crippen LogP contribution in [0, 0.1) is 21.0 Å². The molecule has 0 aromatic heterocycles. The van der Waals surface area contributed by atoms with Crippen molar-refractivity contribution in [3.05, 3.63) is 15.6 Å². The lowest BCUT2D eigenvalue weighted by Gasteiger charge is -2.44. The number of hydrogen-bond donors (Lipinski definition) is 10. The molecule has 28 heavy (non-hydrogen) atoms. The van der Waals surface area contributed by atoms with E-state index in [1.165, 1.54) is 11.9 Å². The van der Waals surface area contributed by atoms with Gasteiger partial charge in [-0.25, -0.2) is 41.6 Å². The molecule has 2 fully saturated rings. The minimum absolute atomic E-state index is 0.0692. The Hall–Kier alpha value is 0.560. The molecule has 1 aliphatic heterocycles. The average molecular weight is 540 g/mol. The highest BCUT2D eigenvalue weighted by atomic mass is 127. The third kappa shape index (κ3) is 6.28. The molecule has 10 N–H and O–H groups in total. The molecule has 0 radical (unpaired) electrons. The molecule has 7 unspecified atom stereocenters. The van der Waals surface area contributed by atoms with Crippen molar-refractivity contribution in [1.29, 1.82) is 0 Å². The summed E-state index contributed by atoms with van der Waals surface area (Å²) in [6, 6.07) is -4.01. The van der Waals surface area contributed by atoms with Crippen LogP contribution >= 0.6 is 34.5 Å². The Kier molecular flexibility index (Phi) is 9.08. The highest BCUT2D eigenvalue weighted by molar-refractivity contribution is 14.1. The Bertz CT molecular complexity index is 484. The number of nitrogens with one attached hydrogen (secondary N) is 7. The number of hydrogen-bond acceptors (Lipinski definition) is 10. The number of rotatable bonds is 7. The molecule has 0 aromatic carbocycles. The van der Waals surface area contributed by atoms with Crippen molar-refractivity contribution < 1.29 is 36.3 Å². The number of hydroxylamine groups is 6. The molecule has 1 aliphatic carbocycles. The molecular weight excluding hydrogens is 509 g/mol. The summed E-state index contributed by atoms with van der Waals surface area (Å²) in [5.74, 6) is 0. The zero-order chi connectivity index (χ0) is 21.2. The van der Waals surface area contributed by atoms with E-state index in [0.717, 1.165) is 11.6 Å². The summed E-state index contributed by atoms with van der Waals surface area (Å²) in [4.78, 5) is 2.96. The van der Waals surface area contributed by atoms with Crippen LogP contribution < -0.4 is 36.4 Å². The summed E-state index contributed by atoms with van der Waals surface area (Å²) in [6.07, 6.45) is -0.173. The fourth-order valence-electron chi connectivity index (χ4n) is 3.48. The van der Waals surface area contributed by atoms with Gasteiger partial charge < -0.3 is 15.6 Å². The maximum Gasteiger partial charge on any atom is 0.224 e. The molecule has 0 amide bonds. The van der Waals surface area contributed by atoms with E-state index in [-0.39, 0.29) is 23.8 Å². The van der Waals surface area contributed by atoms with E-state index in [1.54, 1.807) is 0 Å². The van der Waals surface area contributed by atoms with Gasteiger partial charge in [0.05, 0.1) is 16.8 Å². The van der Waals surface area contributed by atoms with E-state index in [0.29, 0.717) is 3.92 Å². The van der Waals surface area contributed by atoms with Crippen LogP contribution in [0.2, 0.25) is 0 Å². The molecule has 0 spiro atoms. The lowest BCUT2D eigenvalue weighted by atomic mass is 9.83. The monoisotopic (exact) mass is 540 g/mol. The summed E-state index contributed by atoms with van der Waals surface area (Å²) in [5, 5.41) is 64.1. The first-order valence-electron chi connectivity index (χ1n) is 9.02. The smallest absolute Gasteiger partial charge is 0.224 e. The molecule has 1 saturated heterocycles. The summed E-state index contributed by atoms with van der Waals surface area (Å²) in [7, 11) is 0. The fraction of sp³-hybridized carbons (Fsp3) is 1.00. The standard InChI is InChI=1S/C13H30IN7O6S/c1-13(2,3)10(14)6-18-12(28-17-16-18)15-11-8(20(24)25)4-7(19(22)23)5-9(11)21(26)27/h7-12,15-17,19-22,24,26H,4-6H2,1-3H3/p+1/t7?,8?,9?,10-,11?,12?/m0/s1. The Morgan fingerprint density at radius 3 is 2.11 bits per heavy atom. The molecule has 8 atom stereocenters. The topological polar surface area (TPSA) is 184 Å². The van der Waals surface area contributed by atoms with Crippen LogP contribution in [0.15, 0.2) is 0 Å². The van der Waals surface area contributed by atoms with Gasteiger partial charge in [-0.2, -0.15) is 0 Å². The first kappa shape index (κ1) is 24.8. The van der Waals surface area contributed by atoms with Crippen LogP contribution in [-0.2, 0) is 0 Å². The van der Waals surface area contributed by atoms with E-state index in [9.17, 15) is 31.2 Å². The second kappa shape index (κ2) is 10.2. The quantitative estimate of drug-likeness (QED) is 0.0649. The minimum atomic E-state index is -1.18. The first-order chi connectivity index (χ1) is 12.9. The molecule has 2 rings (SSSR count). The third-order valence-electron chi connectivity index (χ3n) is 5.32. The molecule has 0 aromatic rings. The van der Waals surface area contributed by atoms with Crippen molar-refractivity contribution in [2.45, 2.75) is 67.2 Å². The largest absolute Gasteiger partial charge is 0.600 e. The molecule has 13 nitrogen and oxygen atoms in total.